The van der Waals surface area contributed by atoms with Gasteiger partial charge in [-0.2, -0.15) is 10.2 Å². The molecule has 1 saturated heterocycles. The maximum absolute atomic E-state index is 4.29. The van der Waals surface area contributed by atoms with Crippen molar-refractivity contribution in [3.8, 4) is 0 Å². The van der Waals surface area contributed by atoms with Crippen molar-refractivity contribution in [2.45, 2.75) is 32.4 Å². The molecule has 20 heavy (non-hydrogen) atoms. The molecule has 2 aromatic rings. The smallest absolute Gasteiger partial charge is 0.137 e. The number of piperidine rings is 1. The zero-order valence-electron chi connectivity index (χ0n) is 11.8. The molecule has 3 heterocycles. The fourth-order valence-corrected chi connectivity index (χ4v) is 2.87. The average molecular weight is 274 g/mol. The Bertz CT molecular complexity index is 470. The monoisotopic (exact) mass is 274 g/mol. The lowest BCUT2D eigenvalue weighted by molar-refractivity contribution is 0.167. The van der Waals surface area contributed by atoms with Crippen LogP contribution in [-0.4, -0.2) is 49.1 Å². The van der Waals surface area contributed by atoms with Crippen LogP contribution >= 0.6 is 0 Å². The second kappa shape index (κ2) is 6.65. The molecule has 6 nitrogen and oxygen atoms in total. The minimum absolute atomic E-state index is 0.779. The maximum atomic E-state index is 4.29. The van der Waals surface area contributed by atoms with E-state index in [1.54, 1.807) is 12.7 Å². The molecule has 1 fully saturated rings. The lowest BCUT2D eigenvalue weighted by atomic mass is 9.97. The number of nitrogens with zero attached hydrogens (tertiary/aromatic N) is 6. The molecule has 0 atom stereocenters. The Labute approximate surface area is 119 Å². The van der Waals surface area contributed by atoms with Crippen LogP contribution in [0.4, 0.5) is 0 Å². The van der Waals surface area contributed by atoms with Crippen molar-refractivity contribution in [2.75, 3.05) is 19.6 Å². The summed E-state index contributed by atoms with van der Waals surface area (Å²) in [5, 5.41) is 8.42. The lowest BCUT2D eigenvalue weighted by Crippen LogP contribution is -2.36. The number of hydrogen-bond donors (Lipinski definition) is 0. The van der Waals surface area contributed by atoms with Gasteiger partial charge in [0, 0.05) is 25.5 Å². The molecule has 0 N–H and O–H groups in total. The summed E-state index contributed by atoms with van der Waals surface area (Å²) < 4.78 is 3.97. The Morgan fingerprint density at radius 1 is 1.05 bits per heavy atom. The number of likely N-dealkylation sites (tertiary alicyclic amines) is 1. The second-order valence-corrected chi connectivity index (χ2v) is 5.53. The van der Waals surface area contributed by atoms with Gasteiger partial charge in [0.15, 0.2) is 0 Å². The van der Waals surface area contributed by atoms with Gasteiger partial charge in [0.1, 0.15) is 12.7 Å². The topological polar surface area (TPSA) is 51.8 Å². The van der Waals surface area contributed by atoms with Crippen molar-refractivity contribution >= 4 is 0 Å². The Balaban J connectivity index is 1.34. The third-order valence-corrected chi connectivity index (χ3v) is 4.04. The van der Waals surface area contributed by atoms with Crippen molar-refractivity contribution in [1.29, 1.82) is 0 Å². The first kappa shape index (κ1) is 13.3. The fraction of sp³-hybridized carbons (Fsp3) is 0.643. The lowest BCUT2D eigenvalue weighted by Gasteiger charge is -2.31. The SMILES string of the molecule is c1cnn(CC2CCN(CCCn3cncn3)CC2)c1. The standard InChI is InChI=1S/C14H22N6/c1-5-16-19(7-1)11-14-3-9-18(10-4-14)6-2-8-20-13-15-12-17-20/h1,5,7,12-14H,2-4,6,8-11H2. The Morgan fingerprint density at radius 2 is 1.95 bits per heavy atom. The summed E-state index contributed by atoms with van der Waals surface area (Å²) in [6, 6.07) is 2.00. The van der Waals surface area contributed by atoms with Crippen molar-refractivity contribution in [3.63, 3.8) is 0 Å². The number of aryl methyl sites for hydroxylation is 1. The first-order valence-electron chi connectivity index (χ1n) is 7.42. The summed E-state index contributed by atoms with van der Waals surface area (Å²) in [5.74, 6) is 0.779. The van der Waals surface area contributed by atoms with Gasteiger partial charge < -0.3 is 4.90 Å². The number of aromatic nitrogens is 5. The molecule has 6 heteroatoms. The van der Waals surface area contributed by atoms with Crippen molar-refractivity contribution in [1.82, 2.24) is 29.4 Å². The minimum Gasteiger partial charge on any atom is -0.303 e. The van der Waals surface area contributed by atoms with Crippen LogP contribution in [0.25, 0.3) is 0 Å². The zero-order valence-corrected chi connectivity index (χ0v) is 11.8. The van der Waals surface area contributed by atoms with Crippen LogP contribution in [0.15, 0.2) is 31.1 Å². The van der Waals surface area contributed by atoms with Gasteiger partial charge in [-0.1, -0.05) is 0 Å². The second-order valence-electron chi connectivity index (χ2n) is 5.53. The third-order valence-electron chi connectivity index (χ3n) is 4.04. The first-order valence-corrected chi connectivity index (χ1v) is 7.42. The predicted octanol–water partition coefficient (Wildman–Crippen LogP) is 1.28. The van der Waals surface area contributed by atoms with Gasteiger partial charge in [-0.05, 0) is 50.9 Å². The fourth-order valence-electron chi connectivity index (χ4n) is 2.87. The highest BCUT2D eigenvalue weighted by molar-refractivity contribution is 4.80. The van der Waals surface area contributed by atoms with E-state index in [1.165, 1.54) is 25.9 Å². The summed E-state index contributed by atoms with van der Waals surface area (Å²) in [4.78, 5) is 6.53. The highest BCUT2D eigenvalue weighted by Crippen LogP contribution is 2.18. The van der Waals surface area contributed by atoms with Crippen LogP contribution < -0.4 is 0 Å². The van der Waals surface area contributed by atoms with Gasteiger partial charge in [0.25, 0.3) is 0 Å². The van der Waals surface area contributed by atoms with Gasteiger partial charge in [-0.25, -0.2) is 4.98 Å². The molecule has 108 valence electrons. The molecule has 1 aliphatic heterocycles. The summed E-state index contributed by atoms with van der Waals surface area (Å²) in [7, 11) is 0. The van der Waals surface area contributed by atoms with E-state index in [0.717, 1.165) is 32.0 Å². The molecule has 0 spiro atoms. The molecule has 1 aliphatic rings. The van der Waals surface area contributed by atoms with Crippen LogP contribution in [0.5, 0.6) is 0 Å². The first-order chi connectivity index (χ1) is 9.90. The number of hydrogen-bond acceptors (Lipinski definition) is 4. The van der Waals surface area contributed by atoms with E-state index in [-0.39, 0.29) is 0 Å². The van der Waals surface area contributed by atoms with E-state index in [2.05, 4.69) is 31.0 Å². The van der Waals surface area contributed by atoms with E-state index in [9.17, 15) is 0 Å². The Kier molecular flexibility index (Phi) is 4.42. The molecule has 0 amide bonds. The summed E-state index contributed by atoms with van der Waals surface area (Å²) >= 11 is 0. The summed E-state index contributed by atoms with van der Waals surface area (Å²) in [6.45, 7) is 5.62. The van der Waals surface area contributed by atoms with Crippen molar-refractivity contribution < 1.29 is 0 Å². The van der Waals surface area contributed by atoms with Crippen LogP contribution in [0.2, 0.25) is 0 Å². The molecular weight excluding hydrogens is 252 g/mol. The zero-order chi connectivity index (χ0) is 13.6. The van der Waals surface area contributed by atoms with Crippen molar-refractivity contribution in [2.24, 2.45) is 5.92 Å². The molecular formula is C14H22N6. The van der Waals surface area contributed by atoms with Crippen LogP contribution in [0, 0.1) is 5.92 Å². The van der Waals surface area contributed by atoms with Crippen molar-refractivity contribution in [3.05, 3.63) is 31.1 Å². The van der Waals surface area contributed by atoms with Crippen LogP contribution in [-0.2, 0) is 13.1 Å². The molecule has 0 unspecified atom stereocenters. The molecule has 0 aromatic carbocycles. The quantitative estimate of drug-likeness (QED) is 0.796. The normalized spacial score (nSPS) is 17.6. The third kappa shape index (κ3) is 3.66. The van der Waals surface area contributed by atoms with Crippen LogP contribution in [0.1, 0.15) is 19.3 Å². The molecule has 0 bridgehead atoms. The largest absolute Gasteiger partial charge is 0.303 e. The molecule has 0 aliphatic carbocycles. The van der Waals surface area contributed by atoms with Gasteiger partial charge in [0.2, 0.25) is 0 Å². The van der Waals surface area contributed by atoms with Gasteiger partial charge in [-0.15, -0.1) is 0 Å². The average Bonchev–Trinajstić information content (AvgIpc) is 3.14. The van der Waals surface area contributed by atoms with E-state index in [0.29, 0.717) is 0 Å². The molecule has 2 aromatic heterocycles. The molecule has 0 radical (unpaired) electrons. The Morgan fingerprint density at radius 3 is 2.65 bits per heavy atom. The highest BCUT2D eigenvalue weighted by atomic mass is 15.3. The van der Waals surface area contributed by atoms with E-state index >= 15 is 0 Å². The molecule has 3 rings (SSSR count). The van der Waals surface area contributed by atoms with E-state index in [4.69, 9.17) is 0 Å². The summed E-state index contributed by atoms with van der Waals surface area (Å²) in [6.07, 6.45) is 11.0. The van der Waals surface area contributed by atoms with Gasteiger partial charge in [0.05, 0.1) is 0 Å². The maximum Gasteiger partial charge on any atom is 0.137 e. The summed E-state index contributed by atoms with van der Waals surface area (Å²) in [5.41, 5.74) is 0. The highest BCUT2D eigenvalue weighted by Gasteiger charge is 2.19. The minimum atomic E-state index is 0.779. The Hall–Kier alpha value is -1.69. The number of rotatable bonds is 6. The van der Waals surface area contributed by atoms with Gasteiger partial charge >= 0.3 is 0 Å². The van der Waals surface area contributed by atoms with E-state index in [1.807, 2.05) is 16.9 Å². The molecule has 0 saturated carbocycles. The van der Waals surface area contributed by atoms with Gasteiger partial charge in [-0.3, -0.25) is 9.36 Å². The van der Waals surface area contributed by atoms with Crippen LogP contribution in [0.3, 0.4) is 0 Å². The predicted molar refractivity (Wildman–Crippen MR) is 76.0 cm³/mol. The van der Waals surface area contributed by atoms with E-state index < -0.39 is 0 Å².